The van der Waals surface area contributed by atoms with Crippen molar-refractivity contribution in [1.82, 2.24) is 14.9 Å². The van der Waals surface area contributed by atoms with Crippen LogP contribution in [0.15, 0.2) is 95.5 Å². The fraction of sp³-hybridized carbons (Fsp3) is 0.0417. The van der Waals surface area contributed by atoms with Crippen LogP contribution in [0.3, 0.4) is 0 Å². The van der Waals surface area contributed by atoms with E-state index in [0.717, 1.165) is 22.3 Å². The molecule has 3 aromatic carbocycles. The first-order valence-electron chi connectivity index (χ1n) is 9.62. The van der Waals surface area contributed by atoms with Crippen LogP contribution in [0.5, 0.6) is 0 Å². The van der Waals surface area contributed by atoms with Crippen molar-refractivity contribution in [3.8, 4) is 16.9 Å². The molecular weight excluding hydrogens is 376 g/mol. The first-order chi connectivity index (χ1) is 14.8. The topological polar surface area (TPSA) is 73.0 Å². The third kappa shape index (κ3) is 3.46. The minimum atomic E-state index is -0.189. The van der Waals surface area contributed by atoms with Crippen LogP contribution in [-0.4, -0.2) is 20.8 Å². The van der Waals surface area contributed by atoms with Gasteiger partial charge in [-0.1, -0.05) is 65.8 Å². The number of fused-ring (bicyclic) bond motifs is 1. The van der Waals surface area contributed by atoms with Crippen LogP contribution < -0.4 is 5.32 Å². The molecule has 0 aliphatic carbocycles. The maximum atomic E-state index is 12.8. The minimum Gasteiger partial charge on any atom is -0.356 e. The van der Waals surface area contributed by atoms with Crippen LogP contribution in [0.1, 0.15) is 5.69 Å². The van der Waals surface area contributed by atoms with Crippen molar-refractivity contribution >= 4 is 22.7 Å². The lowest BCUT2D eigenvalue weighted by Gasteiger charge is -2.08. The summed E-state index contributed by atoms with van der Waals surface area (Å²) in [5.41, 5.74) is 3.90. The largest absolute Gasteiger partial charge is 0.356 e. The highest BCUT2D eigenvalue weighted by molar-refractivity contribution is 5.94. The zero-order chi connectivity index (χ0) is 20.3. The molecule has 0 spiro atoms. The Kier molecular flexibility index (Phi) is 4.57. The van der Waals surface area contributed by atoms with Crippen molar-refractivity contribution in [3.05, 3.63) is 96.7 Å². The number of amides is 1. The molecule has 0 bridgehead atoms. The summed E-state index contributed by atoms with van der Waals surface area (Å²) in [4.78, 5) is 12.8. The Morgan fingerprint density at radius 2 is 1.60 bits per heavy atom. The number of para-hydroxylation sites is 2. The van der Waals surface area contributed by atoms with Gasteiger partial charge in [-0.3, -0.25) is 4.79 Å². The molecule has 30 heavy (non-hydrogen) atoms. The molecule has 5 aromatic rings. The van der Waals surface area contributed by atoms with E-state index >= 15 is 0 Å². The van der Waals surface area contributed by atoms with Gasteiger partial charge in [0.15, 0.2) is 5.58 Å². The molecule has 6 heteroatoms. The number of rotatable bonds is 5. The van der Waals surface area contributed by atoms with Gasteiger partial charge in [0.1, 0.15) is 11.5 Å². The number of anilines is 1. The van der Waals surface area contributed by atoms with Crippen molar-refractivity contribution in [1.29, 1.82) is 0 Å². The summed E-state index contributed by atoms with van der Waals surface area (Å²) in [6.45, 7) is 0. The number of nitrogens with zero attached hydrogens (tertiary/aromatic N) is 3. The van der Waals surface area contributed by atoms with E-state index in [0.29, 0.717) is 17.1 Å². The number of hydrogen-bond donors (Lipinski definition) is 1. The van der Waals surface area contributed by atoms with E-state index in [9.17, 15) is 4.79 Å². The molecule has 0 aliphatic heterocycles. The molecule has 0 atom stereocenters. The molecule has 146 valence electrons. The van der Waals surface area contributed by atoms with E-state index in [4.69, 9.17) is 9.62 Å². The molecule has 2 aromatic heterocycles. The lowest BCUT2D eigenvalue weighted by Crippen LogP contribution is -2.17. The molecule has 0 radical (unpaired) electrons. The van der Waals surface area contributed by atoms with Crippen molar-refractivity contribution in [2.75, 3.05) is 5.32 Å². The van der Waals surface area contributed by atoms with Gasteiger partial charge in [0.25, 0.3) is 0 Å². The Labute approximate surface area is 172 Å². The number of hydrogen-bond acceptors (Lipinski definition) is 4. The lowest BCUT2D eigenvalue weighted by atomic mass is 10.1. The molecule has 1 N–H and O–H groups in total. The zero-order valence-electron chi connectivity index (χ0n) is 16.0. The molecule has 2 heterocycles. The molecule has 0 unspecified atom stereocenters. The second-order valence-corrected chi connectivity index (χ2v) is 6.88. The Bertz CT molecular complexity index is 1310. The lowest BCUT2D eigenvalue weighted by molar-refractivity contribution is -0.115. The second kappa shape index (κ2) is 7.67. The number of benzene rings is 3. The number of carbonyl (C=O) groups excluding carboxylic acids is 1. The van der Waals surface area contributed by atoms with Gasteiger partial charge in [-0.25, -0.2) is 4.68 Å². The summed E-state index contributed by atoms with van der Waals surface area (Å²) in [5.74, 6) is 0.406. The third-order valence-corrected chi connectivity index (χ3v) is 4.83. The summed E-state index contributed by atoms with van der Waals surface area (Å²) in [6.07, 6.45) is 0.109. The Balaban J connectivity index is 1.47. The highest BCUT2D eigenvalue weighted by atomic mass is 16.5. The molecule has 5 rings (SSSR count). The fourth-order valence-electron chi connectivity index (χ4n) is 3.39. The Morgan fingerprint density at radius 1 is 0.900 bits per heavy atom. The summed E-state index contributed by atoms with van der Waals surface area (Å²) >= 11 is 0. The monoisotopic (exact) mass is 394 g/mol. The standard InChI is InChI=1S/C24H18N4O2/c29-24(16-21-19-13-7-8-14-22(19)30-27-21)25-23-15-20(17-9-3-1-4-10-17)26-28(23)18-11-5-2-6-12-18/h1-15H,16H2,(H,25,29). The second-order valence-electron chi connectivity index (χ2n) is 6.88. The van der Waals surface area contributed by atoms with Gasteiger partial charge >= 0.3 is 0 Å². The average molecular weight is 394 g/mol. The first-order valence-corrected chi connectivity index (χ1v) is 9.62. The zero-order valence-corrected chi connectivity index (χ0v) is 16.0. The average Bonchev–Trinajstić information content (AvgIpc) is 3.40. The highest BCUT2D eigenvalue weighted by Gasteiger charge is 2.16. The molecule has 0 fully saturated rings. The van der Waals surface area contributed by atoms with Crippen LogP contribution in [0, 0.1) is 0 Å². The number of aromatic nitrogens is 3. The van der Waals surface area contributed by atoms with Gasteiger partial charge in [0.2, 0.25) is 5.91 Å². The molecule has 1 amide bonds. The molecule has 6 nitrogen and oxygen atoms in total. The SMILES string of the molecule is O=C(Cc1noc2ccccc12)Nc1cc(-c2ccccc2)nn1-c1ccccc1. The van der Waals surface area contributed by atoms with Crippen molar-refractivity contribution in [3.63, 3.8) is 0 Å². The van der Waals surface area contributed by atoms with Gasteiger partial charge in [0.05, 0.1) is 17.8 Å². The van der Waals surface area contributed by atoms with E-state index in [-0.39, 0.29) is 12.3 Å². The number of carbonyl (C=O) groups is 1. The number of nitrogens with one attached hydrogen (secondary N) is 1. The Morgan fingerprint density at radius 3 is 2.40 bits per heavy atom. The molecule has 0 aliphatic rings. The predicted molar refractivity (Wildman–Crippen MR) is 115 cm³/mol. The van der Waals surface area contributed by atoms with E-state index in [1.807, 2.05) is 91.0 Å². The maximum absolute atomic E-state index is 12.8. The summed E-state index contributed by atoms with van der Waals surface area (Å²) < 4.78 is 7.04. The van der Waals surface area contributed by atoms with Crippen molar-refractivity contribution in [2.45, 2.75) is 6.42 Å². The van der Waals surface area contributed by atoms with E-state index in [1.54, 1.807) is 4.68 Å². The van der Waals surface area contributed by atoms with Crippen molar-refractivity contribution < 1.29 is 9.32 Å². The van der Waals surface area contributed by atoms with Gasteiger partial charge in [-0.15, -0.1) is 0 Å². The van der Waals surface area contributed by atoms with Crippen LogP contribution in [0.4, 0.5) is 5.82 Å². The third-order valence-electron chi connectivity index (χ3n) is 4.83. The van der Waals surface area contributed by atoms with E-state index in [2.05, 4.69) is 10.5 Å². The van der Waals surface area contributed by atoms with E-state index < -0.39 is 0 Å². The van der Waals surface area contributed by atoms with Crippen LogP contribution in [0.25, 0.3) is 27.9 Å². The van der Waals surface area contributed by atoms with Crippen LogP contribution in [-0.2, 0) is 11.2 Å². The van der Waals surface area contributed by atoms with Crippen molar-refractivity contribution in [2.24, 2.45) is 0 Å². The smallest absolute Gasteiger partial charge is 0.231 e. The Hall–Kier alpha value is -4.19. The first kappa shape index (κ1) is 17.9. The summed E-state index contributed by atoms with van der Waals surface area (Å²) in [6, 6.07) is 29.0. The maximum Gasteiger partial charge on any atom is 0.231 e. The normalized spacial score (nSPS) is 10.9. The molecule has 0 saturated carbocycles. The van der Waals surface area contributed by atoms with Gasteiger partial charge < -0.3 is 9.84 Å². The summed E-state index contributed by atoms with van der Waals surface area (Å²) in [5, 5.41) is 12.6. The van der Waals surface area contributed by atoms with E-state index in [1.165, 1.54) is 0 Å². The van der Waals surface area contributed by atoms with Gasteiger partial charge in [-0.05, 0) is 24.3 Å². The fourth-order valence-corrected chi connectivity index (χ4v) is 3.39. The highest BCUT2D eigenvalue weighted by Crippen LogP contribution is 2.25. The molecule has 0 saturated heterocycles. The molecular formula is C24H18N4O2. The predicted octanol–water partition coefficient (Wildman–Crippen LogP) is 4.86. The van der Waals surface area contributed by atoms with Gasteiger partial charge in [-0.2, -0.15) is 5.10 Å². The van der Waals surface area contributed by atoms with Gasteiger partial charge in [0, 0.05) is 17.0 Å². The van der Waals surface area contributed by atoms with Crippen LogP contribution >= 0.6 is 0 Å². The quantitative estimate of drug-likeness (QED) is 0.462. The minimum absolute atomic E-state index is 0.109. The summed E-state index contributed by atoms with van der Waals surface area (Å²) in [7, 11) is 0. The van der Waals surface area contributed by atoms with Crippen LogP contribution in [0.2, 0.25) is 0 Å².